The number of rotatable bonds is 3. The molecule has 0 aliphatic heterocycles. The summed E-state index contributed by atoms with van der Waals surface area (Å²) >= 11 is 3.16. The minimum absolute atomic E-state index is 0.188. The van der Waals surface area contributed by atoms with Crippen LogP contribution in [0.4, 0.5) is 8.78 Å². The molecule has 1 nitrogen and oxygen atoms in total. The number of benzene rings is 1. The number of halogens is 3. The van der Waals surface area contributed by atoms with Gasteiger partial charge in [-0.1, -0.05) is 22.9 Å². The zero-order valence-corrected chi connectivity index (χ0v) is 9.14. The number of carbonyl (C=O) groups is 1. The molecule has 0 amide bonds. The smallest absolute Gasteiger partial charge is 0.176 e. The molecule has 0 radical (unpaired) electrons. The van der Waals surface area contributed by atoms with E-state index in [4.69, 9.17) is 0 Å². The summed E-state index contributed by atoms with van der Waals surface area (Å²) in [6.45, 7) is 1.83. The van der Waals surface area contributed by atoms with Crippen LogP contribution >= 0.6 is 15.9 Å². The zero-order valence-electron chi connectivity index (χ0n) is 7.56. The van der Waals surface area contributed by atoms with Gasteiger partial charge in [0, 0.05) is 5.56 Å². The highest BCUT2D eigenvalue weighted by molar-refractivity contribution is 9.10. The molecule has 1 unspecified atom stereocenters. The Balaban J connectivity index is 2.97. The summed E-state index contributed by atoms with van der Waals surface area (Å²) < 4.78 is 25.3. The van der Waals surface area contributed by atoms with Gasteiger partial charge in [-0.15, -0.1) is 0 Å². The Kier molecular flexibility index (Phi) is 3.75. The SMILES string of the molecule is CCC(Br)C(=O)c1ccc(F)c(F)c1. The lowest BCUT2D eigenvalue weighted by Gasteiger charge is -2.05. The monoisotopic (exact) mass is 262 g/mol. The molecule has 0 aromatic heterocycles. The Morgan fingerprint density at radius 1 is 1.43 bits per heavy atom. The van der Waals surface area contributed by atoms with Crippen molar-refractivity contribution in [2.24, 2.45) is 0 Å². The lowest BCUT2D eigenvalue weighted by Crippen LogP contribution is -2.13. The third kappa shape index (κ3) is 2.38. The van der Waals surface area contributed by atoms with Crippen molar-refractivity contribution in [3.8, 4) is 0 Å². The van der Waals surface area contributed by atoms with Crippen LogP contribution in [0.3, 0.4) is 0 Å². The highest BCUT2D eigenvalue weighted by atomic mass is 79.9. The predicted molar refractivity (Wildman–Crippen MR) is 53.7 cm³/mol. The summed E-state index contributed by atoms with van der Waals surface area (Å²) in [5.41, 5.74) is 0.188. The third-order valence-electron chi connectivity index (χ3n) is 1.85. The van der Waals surface area contributed by atoms with Gasteiger partial charge in [-0.3, -0.25) is 4.79 Å². The van der Waals surface area contributed by atoms with Crippen molar-refractivity contribution >= 4 is 21.7 Å². The van der Waals surface area contributed by atoms with Crippen molar-refractivity contribution in [1.29, 1.82) is 0 Å². The fraction of sp³-hybridized carbons (Fsp3) is 0.300. The third-order valence-corrected chi connectivity index (χ3v) is 2.91. The van der Waals surface area contributed by atoms with Crippen molar-refractivity contribution in [3.05, 3.63) is 35.4 Å². The number of alkyl halides is 1. The van der Waals surface area contributed by atoms with E-state index in [0.717, 1.165) is 12.1 Å². The van der Waals surface area contributed by atoms with Gasteiger partial charge < -0.3 is 0 Å². The Bertz CT molecular complexity index is 352. The van der Waals surface area contributed by atoms with E-state index >= 15 is 0 Å². The molecule has 0 fully saturated rings. The average Bonchev–Trinajstić information content (AvgIpc) is 2.20. The van der Waals surface area contributed by atoms with Gasteiger partial charge in [0.15, 0.2) is 17.4 Å². The molecule has 14 heavy (non-hydrogen) atoms. The molecular weight excluding hydrogens is 254 g/mol. The van der Waals surface area contributed by atoms with Crippen LogP contribution < -0.4 is 0 Å². The molecule has 0 spiro atoms. The highest BCUT2D eigenvalue weighted by Gasteiger charge is 2.16. The number of ketones is 1. The largest absolute Gasteiger partial charge is 0.293 e. The Morgan fingerprint density at radius 2 is 2.07 bits per heavy atom. The molecule has 0 aliphatic rings. The molecule has 0 saturated carbocycles. The molecule has 0 N–H and O–H groups in total. The van der Waals surface area contributed by atoms with Gasteiger partial charge in [-0.25, -0.2) is 8.78 Å². The van der Waals surface area contributed by atoms with Crippen LogP contribution in [0.2, 0.25) is 0 Å². The maximum atomic E-state index is 12.8. The fourth-order valence-corrected chi connectivity index (χ4v) is 1.28. The van der Waals surface area contributed by atoms with Crippen molar-refractivity contribution in [1.82, 2.24) is 0 Å². The van der Waals surface area contributed by atoms with Crippen LogP contribution in [-0.2, 0) is 0 Å². The first-order valence-corrected chi connectivity index (χ1v) is 5.11. The van der Waals surface area contributed by atoms with E-state index in [1.54, 1.807) is 0 Å². The predicted octanol–water partition coefficient (Wildman–Crippen LogP) is 3.32. The van der Waals surface area contributed by atoms with Crippen LogP contribution in [0.5, 0.6) is 0 Å². The number of hydrogen-bond donors (Lipinski definition) is 0. The van der Waals surface area contributed by atoms with Gasteiger partial charge in [0.05, 0.1) is 4.83 Å². The van der Waals surface area contributed by atoms with Crippen LogP contribution in [0, 0.1) is 11.6 Å². The highest BCUT2D eigenvalue weighted by Crippen LogP contribution is 2.15. The molecule has 1 aromatic rings. The Labute approximate surface area is 89.3 Å². The number of hydrogen-bond acceptors (Lipinski definition) is 1. The summed E-state index contributed by atoms with van der Waals surface area (Å²) in [6.07, 6.45) is 0.609. The van der Waals surface area contributed by atoms with Crippen molar-refractivity contribution in [2.45, 2.75) is 18.2 Å². The molecular formula is C10H9BrF2O. The number of carbonyl (C=O) groups excluding carboxylic acids is 1. The second-order valence-corrected chi connectivity index (χ2v) is 3.97. The summed E-state index contributed by atoms with van der Waals surface area (Å²) in [7, 11) is 0. The van der Waals surface area contributed by atoms with E-state index < -0.39 is 11.6 Å². The maximum Gasteiger partial charge on any atom is 0.176 e. The zero-order chi connectivity index (χ0) is 10.7. The Morgan fingerprint density at radius 3 is 2.57 bits per heavy atom. The lowest BCUT2D eigenvalue weighted by molar-refractivity contribution is 0.0989. The minimum Gasteiger partial charge on any atom is -0.293 e. The van der Waals surface area contributed by atoms with Crippen LogP contribution in [0.15, 0.2) is 18.2 Å². The van der Waals surface area contributed by atoms with E-state index in [0.29, 0.717) is 6.42 Å². The van der Waals surface area contributed by atoms with Gasteiger partial charge >= 0.3 is 0 Å². The molecule has 1 aromatic carbocycles. The van der Waals surface area contributed by atoms with Crippen LogP contribution in [-0.4, -0.2) is 10.6 Å². The van der Waals surface area contributed by atoms with E-state index in [1.807, 2.05) is 6.92 Å². The fourth-order valence-electron chi connectivity index (χ4n) is 1.02. The second-order valence-electron chi connectivity index (χ2n) is 2.87. The normalized spacial score (nSPS) is 12.6. The lowest BCUT2D eigenvalue weighted by atomic mass is 10.1. The first-order valence-electron chi connectivity index (χ1n) is 4.19. The molecule has 0 aliphatic carbocycles. The topological polar surface area (TPSA) is 17.1 Å². The summed E-state index contributed by atoms with van der Waals surface area (Å²) in [5.74, 6) is -2.16. The van der Waals surface area contributed by atoms with E-state index in [2.05, 4.69) is 15.9 Å². The first-order chi connectivity index (χ1) is 6.56. The Hall–Kier alpha value is -0.770. The van der Waals surface area contributed by atoms with Crippen molar-refractivity contribution in [2.75, 3.05) is 0 Å². The van der Waals surface area contributed by atoms with Gasteiger partial charge in [0.2, 0.25) is 0 Å². The second kappa shape index (κ2) is 4.64. The van der Waals surface area contributed by atoms with E-state index in [-0.39, 0.29) is 16.2 Å². The average molecular weight is 263 g/mol. The van der Waals surface area contributed by atoms with E-state index in [9.17, 15) is 13.6 Å². The summed E-state index contributed by atoms with van der Waals surface area (Å²) in [5, 5.41) is 0. The van der Waals surface area contributed by atoms with Crippen LogP contribution in [0.25, 0.3) is 0 Å². The minimum atomic E-state index is -0.994. The van der Waals surface area contributed by atoms with Crippen molar-refractivity contribution in [3.63, 3.8) is 0 Å². The maximum absolute atomic E-state index is 12.8. The van der Waals surface area contributed by atoms with Gasteiger partial charge in [0.1, 0.15) is 0 Å². The molecule has 0 bridgehead atoms. The van der Waals surface area contributed by atoms with Crippen LogP contribution in [0.1, 0.15) is 23.7 Å². The van der Waals surface area contributed by atoms with E-state index in [1.165, 1.54) is 6.07 Å². The van der Waals surface area contributed by atoms with Gasteiger partial charge in [0.25, 0.3) is 0 Å². The van der Waals surface area contributed by atoms with Gasteiger partial charge in [-0.05, 0) is 24.6 Å². The first kappa shape index (κ1) is 11.3. The molecule has 76 valence electrons. The van der Waals surface area contributed by atoms with Crippen molar-refractivity contribution < 1.29 is 13.6 Å². The molecule has 0 saturated heterocycles. The molecule has 4 heteroatoms. The molecule has 1 rings (SSSR count). The summed E-state index contributed by atoms with van der Waals surface area (Å²) in [4.78, 5) is 11.2. The molecule has 0 heterocycles. The number of Topliss-reactive ketones (excluding diaryl/α,β-unsaturated/α-hetero) is 1. The van der Waals surface area contributed by atoms with Gasteiger partial charge in [-0.2, -0.15) is 0 Å². The molecule has 1 atom stereocenters. The quantitative estimate of drug-likeness (QED) is 0.604. The summed E-state index contributed by atoms with van der Waals surface area (Å²) in [6, 6.07) is 3.16. The standard InChI is InChI=1S/C10H9BrF2O/c1-2-7(11)10(14)6-3-4-8(12)9(13)5-6/h3-5,7H,2H2,1H3.